The number of nitrogens with zero attached hydrogens (tertiary/aromatic N) is 1. The van der Waals surface area contributed by atoms with Crippen LogP contribution in [0, 0.1) is 0 Å². The van der Waals surface area contributed by atoms with Gasteiger partial charge in [-0.25, -0.2) is 0 Å². The lowest BCUT2D eigenvalue weighted by Gasteiger charge is -2.32. The third-order valence-electron chi connectivity index (χ3n) is 4.03. The third kappa shape index (κ3) is 1.15. The first kappa shape index (κ1) is 9.89. The van der Waals surface area contributed by atoms with E-state index in [1.807, 2.05) is 23.1 Å². The molecule has 4 rings (SSSR count). The van der Waals surface area contributed by atoms with Gasteiger partial charge in [0.25, 0.3) is 5.91 Å². The molecule has 0 radical (unpaired) electrons. The van der Waals surface area contributed by atoms with Crippen LogP contribution in [-0.2, 0) is 6.42 Å². The van der Waals surface area contributed by atoms with Gasteiger partial charge in [0.2, 0.25) is 0 Å². The van der Waals surface area contributed by atoms with Crippen molar-refractivity contribution in [1.29, 1.82) is 0 Å². The topological polar surface area (TPSA) is 20.3 Å². The average Bonchev–Trinajstić information content (AvgIpc) is 2.73. The van der Waals surface area contributed by atoms with Crippen LogP contribution < -0.4 is 0 Å². The molecule has 0 fully saturated rings. The van der Waals surface area contributed by atoms with E-state index in [-0.39, 0.29) is 11.9 Å². The lowest BCUT2D eigenvalue weighted by molar-refractivity contribution is 0.0740. The average molecular weight is 235 g/mol. The van der Waals surface area contributed by atoms with Gasteiger partial charge >= 0.3 is 0 Å². The fourth-order valence-corrected chi connectivity index (χ4v) is 3.21. The Morgan fingerprint density at radius 3 is 2.56 bits per heavy atom. The second kappa shape index (κ2) is 3.45. The zero-order valence-corrected chi connectivity index (χ0v) is 9.97. The summed E-state index contributed by atoms with van der Waals surface area (Å²) in [7, 11) is 0. The molecule has 1 atom stereocenters. The number of carbonyl (C=O) groups excluding carboxylic acids is 1. The lowest BCUT2D eigenvalue weighted by Crippen LogP contribution is -2.34. The van der Waals surface area contributed by atoms with E-state index in [0.717, 1.165) is 24.1 Å². The van der Waals surface area contributed by atoms with Gasteiger partial charge in [-0.1, -0.05) is 42.5 Å². The maximum absolute atomic E-state index is 12.4. The van der Waals surface area contributed by atoms with Crippen LogP contribution in [0.1, 0.15) is 33.1 Å². The summed E-state index contributed by atoms with van der Waals surface area (Å²) < 4.78 is 0. The lowest BCUT2D eigenvalue weighted by atomic mass is 9.90. The van der Waals surface area contributed by atoms with Crippen LogP contribution in [0.5, 0.6) is 0 Å². The minimum atomic E-state index is 0.138. The molecule has 2 aromatic carbocycles. The quantitative estimate of drug-likeness (QED) is 0.687. The molecule has 0 saturated heterocycles. The second-order valence-corrected chi connectivity index (χ2v) is 4.94. The van der Waals surface area contributed by atoms with E-state index in [1.165, 1.54) is 11.1 Å². The van der Waals surface area contributed by atoms with Crippen molar-refractivity contribution in [2.24, 2.45) is 0 Å². The summed E-state index contributed by atoms with van der Waals surface area (Å²) >= 11 is 0. The van der Waals surface area contributed by atoms with E-state index in [0.29, 0.717) is 0 Å². The van der Waals surface area contributed by atoms with Gasteiger partial charge in [0.05, 0.1) is 6.04 Å². The standard InChI is InChI=1S/C16H13NO/c18-16-14-8-4-3-7-13(14)15-12-6-2-1-5-11(12)9-10-17(15)16/h1-8,15H,9-10H2. The second-order valence-electron chi connectivity index (χ2n) is 4.94. The minimum Gasteiger partial charge on any atom is -0.327 e. The Kier molecular flexibility index (Phi) is 1.90. The minimum absolute atomic E-state index is 0.138. The van der Waals surface area contributed by atoms with Crippen LogP contribution in [0.15, 0.2) is 48.5 Å². The van der Waals surface area contributed by atoms with Crippen LogP contribution in [0.4, 0.5) is 0 Å². The summed E-state index contributed by atoms with van der Waals surface area (Å²) in [5, 5.41) is 0. The highest BCUT2D eigenvalue weighted by Gasteiger charge is 2.39. The molecule has 2 aliphatic heterocycles. The fourth-order valence-electron chi connectivity index (χ4n) is 3.21. The van der Waals surface area contributed by atoms with Gasteiger partial charge in [-0.2, -0.15) is 0 Å². The Bertz CT molecular complexity index is 647. The molecule has 18 heavy (non-hydrogen) atoms. The highest BCUT2D eigenvalue weighted by Crippen LogP contribution is 2.42. The number of hydrogen-bond donors (Lipinski definition) is 0. The molecule has 1 amide bonds. The smallest absolute Gasteiger partial charge is 0.255 e. The Morgan fingerprint density at radius 2 is 1.67 bits per heavy atom. The monoisotopic (exact) mass is 235 g/mol. The third-order valence-corrected chi connectivity index (χ3v) is 4.03. The van der Waals surface area contributed by atoms with Gasteiger partial charge in [-0.05, 0) is 29.2 Å². The molecular weight excluding hydrogens is 222 g/mol. The predicted molar refractivity (Wildman–Crippen MR) is 69.5 cm³/mol. The fraction of sp³-hybridized carbons (Fsp3) is 0.188. The van der Waals surface area contributed by atoms with Crippen molar-refractivity contribution in [2.75, 3.05) is 6.54 Å². The van der Waals surface area contributed by atoms with E-state index >= 15 is 0 Å². The summed E-state index contributed by atoms with van der Waals surface area (Å²) in [6.07, 6.45) is 0.965. The first-order chi connectivity index (χ1) is 8.86. The van der Waals surface area contributed by atoms with Gasteiger partial charge in [0.1, 0.15) is 0 Å². The molecule has 0 saturated carbocycles. The van der Waals surface area contributed by atoms with Gasteiger partial charge < -0.3 is 4.90 Å². The van der Waals surface area contributed by atoms with Gasteiger partial charge in [0.15, 0.2) is 0 Å². The van der Waals surface area contributed by atoms with E-state index in [1.54, 1.807) is 0 Å². The molecule has 0 spiro atoms. The molecular formula is C16H13NO. The Hall–Kier alpha value is -2.09. The van der Waals surface area contributed by atoms with Crippen molar-refractivity contribution >= 4 is 5.91 Å². The summed E-state index contributed by atoms with van der Waals surface area (Å²) in [6.45, 7) is 0.829. The van der Waals surface area contributed by atoms with Crippen LogP contribution in [0.2, 0.25) is 0 Å². The number of amides is 1. The molecule has 0 N–H and O–H groups in total. The maximum atomic E-state index is 12.4. The molecule has 2 heterocycles. The highest BCUT2D eigenvalue weighted by molar-refractivity contribution is 6.00. The normalized spacial score (nSPS) is 20.3. The largest absolute Gasteiger partial charge is 0.327 e. The van der Waals surface area contributed by atoms with Crippen molar-refractivity contribution in [3.8, 4) is 0 Å². The number of carbonyl (C=O) groups is 1. The molecule has 0 bridgehead atoms. The van der Waals surface area contributed by atoms with Crippen molar-refractivity contribution < 1.29 is 4.79 Å². The van der Waals surface area contributed by atoms with Crippen molar-refractivity contribution in [2.45, 2.75) is 12.5 Å². The number of hydrogen-bond acceptors (Lipinski definition) is 1. The summed E-state index contributed by atoms with van der Waals surface area (Å²) in [6, 6.07) is 16.6. The zero-order valence-electron chi connectivity index (χ0n) is 9.97. The summed E-state index contributed by atoms with van der Waals surface area (Å²) in [5.74, 6) is 0.185. The van der Waals surface area contributed by atoms with Gasteiger partial charge in [-0.15, -0.1) is 0 Å². The Balaban J connectivity index is 1.97. The van der Waals surface area contributed by atoms with Crippen LogP contribution in [-0.4, -0.2) is 17.4 Å². The van der Waals surface area contributed by atoms with Gasteiger partial charge in [0, 0.05) is 12.1 Å². The molecule has 2 aliphatic rings. The first-order valence-electron chi connectivity index (χ1n) is 6.34. The zero-order chi connectivity index (χ0) is 12.1. The van der Waals surface area contributed by atoms with E-state index in [4.69, 9.17) is 0 Å². The number of rotatable bonds is 0. The van der Waals surface area contributed by atoms with Crippen LogP contribution in [0.3, 0.4) is 0 Å². The van der Waals surface area contributed by atoms with E-state index in [2.05, 4.69) is 30.3 Å². The first-order valence-corrected chi connectivity index (χ1v) is 6.34. The molecule has 0 aliphatic carbocycles. The molecule has 2 aromatic rings. The van der Waals surface area contributed by atoms with Crippen molar-refractivity contribution in [3.05, 3.63) is 70.8 Å². The van der Waals surface area contributed by atoms with E-state index in [9.17, 15) is 4.79 Å². The predicted octanol–water partition coefficient (Wildman–Crippen LogP) is 2.79. The summed E-state index contributed by atoms with van der Waals surface area (Å²) in [4.78, 5) is 14.4. The SMILES string of the molecule is O=C1c2ccccc2C2c3ccccc3CCN12. The molecule has 0 aromatic heterocycles. The van der Waals surface area contributed by atoms with Crippen molar-refractivity contribution in [3.63, 3.8) is 0 Å². The molecule has 2 heteroatoms. The Morgan fingerprint density at radius 1 is 0.944 bits per heavy atom. The van der Waals surface area contributed by atoms with Crippen molar-refractivity contribution in [1.82, 2.24) is 4.90 Å². The number of fused-ring (bicyclic) bond motifs is 5. The number of benzene rings is 2. The van der Waals surface area contributed by atoms with Crippen LogP contribution in [0.25, 0.3) is 0 Å². The summed E-state index contributed by atoms with van der Waals surface area (Å²) in [5.41, 5.74) is 4.71. The van der Waals surface area contributed by atoms with Crippen LogP contribution >= 0.6 is 0 Å². The van der Waals surface area contributed by atoms with Gasteiger partial charge in [-0.3, -0.25) is 4.79 Å². The highest BCUT2D eigenvalue weighted by atomic mass is 16.2. The molecule has 88 valence electrons. The van der Waals surface area contributed by atoms with E-state index < -0.39 is 0 Å². The Labute approximate surface area is 106 Å². The molecule has 1 unspecified atom stereocenters. The maximum Gasteiger partial charge on any atom is 0.255 e. The molecule has 2 nitrogen and oxygen atoms in total.